The first-order valence-electron chi connectivity index (χ1n) is 5.21. The van der Waals surface area contributed by atoms with E-state index in [0.29, 0.717) is 11.5 Å². The van der Waals surface area contributed by atoms with Crippen molar-refractivity contribution in [2.24, 2.45) is 0 Å². The molecule has 92 valence electrons. The fraction of sp³-hybridized carbons (Fsp3) is 0.0833. The molecule has 0 saturated heterocycles. The van der Waals surface area contributed by atoms with Crippen LogP contribution in [-0.4, -0.2) is 15.9 Å². The van der Waals surface area contributed by atoms with Gasteiger partial charge in [-0.25, -0.2) is 9.97 Å². The Morgan fingerprint density at radius 1 is 1.33 bits per heavy atom. The lowest BCUT2D eigenvalue weighted by molar-refractivity contribution is 0.102. The maximum atomic E-state index is 11.9. The molecule has 18 heavy (non-hydrogen) atoms. The van der Waals surface area contributed by atoms with Crippen LogP contribution < -0.4 is 11.1 Å². The van der Waals surface area contributed by atoms with E-state index in [0.717, 1.165) is 5.56 Å². The topological polar surface area (TPSA) is 80.9 Å². The van der Waals surface area contributed by atoms with E-state index in [9.17, 15) is 4.79 Å². The van der Waals surface area contributed by atoms with Gasteiger partial charge >= 0.3 is 0 Å². The highest BCUT2D eigenvalue weighted by molar-refractivity contribution is 6.33. The number of nitrogens with zero attached hydrogens (tertiary/aromatic N) is 2. The van der Waals surface area contributed by atoms with Gasteiger partial charge in [0.25, 0.3) is 5.91 Å². The van der Waals surface area contributed by atoms with E-state index in [4.69, 9.17) is 17.3 Å². The second-order valence-corrected chi connectivity index (χ2v) is 4.14. The molecule has 0 saturated carbocycles. The van der Waals surface area contributed by atoms with Crippen LogP contribution in [0, 0.1) is 6.92 Å². The number of aryl methyl sites for hydroxylation is 1. The number of pyridine rings is 2. The van der Waals surface area contributed by atoms with Crippen molar-refractivity contribution in [2.75, 3.05) is 11.1 Å². The zero-order valence-electron chi connectivity index (χ0n) is 9.64. The summed E-state index contributed by atoms with van der Waals surface area (Å²) in [5.74, 6) is 0.0558. The van der Waals surface area contributed by atoms with Gasteiger partial charge in [0.1, 0.15) is 11.0 Å². The van der Waals surface area contributed by atoms with E-state index in [1.165, 1.54) is 12.3 Å². The zero-order chi connectivity index (χ0) is 13.1. The fourth-order valence-electron chi connectivity index (χ4n) is 1.35. The number of halogens is 1. The fourth-order valence-corrected chi connectivity index (χ4v) is 1.54. The lowest BCUT2D eigenvalue weighted by Crippen LogP contribution is -2.14. The van der Waals surface area contributed by atoms with Gasteiger partial charge in [-0.1, -0.05) is 17.7 Å². The molecule has 0 radical (unpaired) electrons. The van der Waals surface area contributed by atoms with Gasteiger partial charge in [-0.2, -0.15) is 0 Å². The van der Waals surface area contributed by atoms with Crippen molar-refractivity contribution in [3.05, 3.63) is 46.9 Å². The number of carbonyl (C=O) groups excluding carboxylic acids is 1. The summed E-state index contributed by atoms with van der Waals surface area (Å²) in [6, 6.07) is 5.03. The van der Waals surface area contributed by atoms with Gasteiger partial charge in [-0.15, -0.1) is 0 Å². The Morgan fingerprint density at radius 2 is 2.11 bits per heavy atom. The molecule has 0 atom stereocenters. The third kappa shape index (κ3) is 2.75. The summed E-state index contributed by atoms with van der Waals surface area (Å²) < 4.78 is 0. The molecule has 0 aliphatic heterocycles. The van der Waals surface area contributed by atoms with Crippen LogP contribution >= 0.6 is 11.6 Å². The molecular weight excluding hydrogens is 252 g/mol. The molecule has 2 heterocycles. The minimum absolute atomic E-state index is 0.105. The summed E-state index contributed by atoms with van der Waals surface area (Å²) in [6.07, 6.45) is 3.05. The third-order valence-corrected chi connectivity index (χ3v) is 2.56. The van der Waals surface area contributed by atoms with E-state index in [1.807, 2.05) is 13.0 Å². The number of rotatable bonds is 2. The average Bonchev–Trinajstić information content (AvgIpc) is 2.35. The summed E-state index contributed by atoms with van der Waals surface area (Å²) in [4.78, 5) is 19.8. The molecule has 1 amide bonds. The average molecular weight is 263 g/mol. The maximum absolute atomic E-state index is 11.9. The Morgan fingerprint density at radius 3 is 2.78 bits per heavy atom. The van der Waals surface area contributed by atoms with Crippen LogP contribution in [0.3, 0.4) is 0 Å². The monoisotopic (exact) mass is 262 g/mol. The summed E-state index contributed by atoms with van der Waals surface area (Å²) >= 11 is 5.83. The predicted octanol–water partition coefficient (Wildman–Crippen LogP) is 2.27. The Labute approximate surface area is 109 Å². The SMILES string of the molecule is Cc1ccc(NC(=O)c2cc(N)cnc2Cl)nc1. The van der Waals surface area contributed by atoms with Crippen LogP contribution in [0.1, 0.15) is 15.9 Å². The van der Waals surface area contributed by atoms with Gasteiger partial charge in [-0.3, -0.25) is 4.79 Å². The van der Waals surface area contributed by atoms with E-state index in [-0.39, 0.29) is 10.7 Å². The highest BCUT2D eigenvalue weighted by Crippen LogP contribution is 2.17. The minimum atomic E-state index is -0.392. The van der Waals surface area contributed by atoms with Crippen molar-refractivity contribution in [3.63, 3.8) is 0 Å². The molecule has 2 rings (SSSR count). The summed E-state index contributed by atoms with van der Waals surface area (Å²) in [7, 11) is 0. The number of hydrogen-bond donors (Lipinski definition) is 2. The highest BCUT2D eigenvalue weighted by Gasteiger charge is 2.12. The number of carbonyl (C=O) groups is 1. The number of anilines is 2. The second kappa shape index (κ2) is 5.01. The molecule has 0 fully saturated rings. The number of aromatic nitrogens is 2. The lowest BCUT2D eigenvalue weighted by atomic mass is 10.2. The Hall–Kier alpha value is -2.14. The zero-order valence-corrected chi connectivity index (χ0v) is 10.4. The van der Waals surface area contributed by atoms with Gasteiger partial charge in [0, 0.05) is 6.20 Å². The minimum Gasteiger partial charge on any atom is -0.397 e. The van der Waals surface area contributed by atoms with Crippen LogP contribution in [-0.2, 0) is 0 Å². The molecule has 0 spiro atoms. The number of hydrogen-bond acceptors (Lipinski definition) is 4. The van der Waals surface area contributed by atoms with Crippen molar-refractivity contribution in [1.29, 1.82) is 0 Å². The van der Waals surface area contributed by atoms with Crippen molar-refractivity contribution in [2.45, 2.75) is 6.92 Å². The highest BCUT2D eigenvalue weighted by atomic mass is 35.5. The Kier molecular flexibility index (Phi) is 3.43. The summed E-state index contributed by atoms with van der Waals surface area (Å²) in [5, 5.41) is 2.73. The summed E-state index contributed by atoms with van der Waals surface area (Å²) in [5.41, 5.74) is 7.17. The van der Waals surface area contributed by atoms with Crippen molar-refractivity contribution >= 4 is 29.0 Å². The third-order valence-electron chi connectivity index (χ3n) is 2.26. The van der Waals surface area contributed by atoms with Crippen LogP contribution in [0.5, 0.6) is 0 Å². The normalized spacial score (nSPS) is 10.1. The van der Waals surface area contributed by atoms with Gasteiger partial charge < -0.3 is 11.1 Å². The van der Waals surface area contributed by atoms with E-state index in [1.54, 1.807) is 12.3 Å². The Bertz CT molecular complexity index is 583. The lowest BCUT2D eigenvalue weighted by Gasteiger charge is -2.06. The smallest absolute Gasteiger partial charge is 0.260 e. The molecule has 5 nitrogen and oxygen atoms in total. The van der Waals surface area contributed by atoms with Crippen molar-refractivity contribution in [3.8, 4) is 0 Å². The van der Waals surface area contributed by atoms with E-state index >= 15 is 0 Å². The molecule has 2 aromatic heterocycles. The van der Waals surface area contributed by atoms with Gasteiger partial charge in [0.2, 0.25) is 0 Å². The molecule has 3 N–H and O–H groups in total. The van der Waals surface area contributed by atoms with Crippen LogP contribution in [0.4, 0.5) is 11.5 Å². The quantitative estimate of drug-likeness (QED) is 0.814. The largest absolute Gasteiger partial charge is 0.397 e. The van der Waals surface area contributed by atoms with Gasteiger partial charge in [-0.05, 0) is 24.6 Å². The molecule has 0 aliphatic carbocycles. The first-order chi connectivity index (χ1) is 8.56. The first-order valence-corrected chi connectivity index (χ1v) is 5.59. The van der Waals surface area contributed by atoms with Crippen molar-refractivity contribution in [1.82, 2.24) is 9.97 Å². The predicted molar refractivity (Wildman–Crippen MR) is 70.6 cm³/mol. The molecule has 0 unspecified atom stereocenters. The molecular formula is C12H11ClN4O. The summed E-state index contributed by atoms with van der Waals surface area (Å²) in [6.45, 7) is 1.91. The van der Waals surface area contributed by atoms with Gasteiger partial charge in [0.05, 0.1) is 17.4 Å². The second-order valence-electron chi connectivity index (χ2n) is 3.78. The molecule has 6 heteroatoms. The van der Waals surface area contributed by atoms with Crippen LogP contribution in [0.15, 0.2) is 30.6 Å². The molecule has 0 aliphatic rings. The number of amides is 1. The molecule has 2 aromatic rings. The molecule has 0 aromatic carbocycles. The number of nitrogen functional groups attached to an aromatic ring is 1. The van der Waals surface area contributed by atoms with Crippen LogP contribution in [0.25, 0.3) is 0 Å². The number of nitrogens with two attached hydrogens (primary N) is 1. The van der Waals surface area contributed by atoms with Gasteiger partial charge in [0.15, 0.2) is 0 Å². The molecule has 0 bridgehead atoms. The maximum Gasteiger partial charge on any atom is 0.260 e. The first kappa shape index (κ1) is 12.3. The van der Waals surface area contributed by atoms with E-state index in [2.05, 4.69) is 15.3 Å². The van der Waals surface area contributed by atoms with Crippen LogP contribution in [0.2, 0.25) is 5.15 Å². The Balaban J connectivity index is 2.21. The van der Waals surface area contributed by atoms with E-state index < -0.39 is 5.91 Å². The standard InChI is InChI=1S/C12H11ClN4O/c1-7-2-3-10(15-5-7)17-12(18)9-4-8(14)6-16-11(9)13/h2-6H,14H2,1H3,(H,15,17,18). The number of nitrogens with one attached hydrogen (secondary N) is 1. The van der Waals surface area contributed by atoms with Crippen molar-refractivity contribution < 1.29 is 4.79 Å².